The van der Waals surface area contributed by atoms with Crippen LogP contribution in [0.15, 0.2) is 72.8 Å². The number of amides is 1. The maximum absolute atomic E-state index is 12.6. The Hall–Kier alpha value is -2.58. The molecule has 5 nitrogen and oxygen atoms in total. The number of rotatable bonds is 8. The Morgan fingerprint density at radius 2 is 1.77 bits per heavy atom. The number of hydrogen-bond acceptors (Lipinski definition) is 4. The molecule has 4 rings (SSSR count). The number of nitrogens with zero attached hydrogens (tertiary/aromatic N) is 2. The van der Waals surface area contributed by atoms with E-state index < -0.39 is 0 Å². The average molecular weight is 584 g/mol. The lowest BCUT2D eigenvalue weighted by atomic mass is 9.91. The SMILES string of the molecule is CCN(CC)C(=O)c1ccc(NC2CCN(Cc3ccc(I)cc3)C(c3cccc(O)c3)C2)cc1. The van der Waals surface area contributed by atoms with E-state index in [1.807, 2.05) is 55.1 Å². The first-order chi connectivity index (χ1) is 17.0. The van der Waals surface area contributed by atoms with Gasteiger partial charge in [0.05, 0.1) is 0 Å². The first kappa shape index (κ1) is 25.5. The molecule has 2 unspecified atom stereocenters. The van der Waals surface area contributed by atoms with E-state index in [0.29, 0.717) is 24.9 Å². The Morgan fingerprint density at radius 1 is 1.06 bits per heavy atom. The van der Waals surface area contributed by atoms with Crippen LogP contribution in [-0.4, -0.2) is 46.5 Å². The molecule has 1 aliphatic heterocycles. The molecule has 1 fully saturated rings. The Labute approximate surface area is 222 Å². The summed E-state index contributed by atoms with van der Waals surface area (Å²) in [4.78, 5) is 17.0. The maximum atomic E-state index is 12.6. The molecule has 3 aromatic carbocycles. The Morgan fingerprint density at radius 3 is 2.43 bits per heavy atom. The highest BCUT2D eigenvalue weighted by atomic mass is 127. The Bertz CT molecular complexity index is 1110. The highest BCUT2D eigenvalue weighted by Gasteiger charge is 2.30. The summed E-state index contributed by atoms with van der Waals surface area (Å²) in [5.41, 5.74) is 4.20. The van der Waals surface area contributed by atoms with Crippen LogP contribution in [0.4, 0.5) is 5.69 Å². The first-order valence-corrected chi connectivity index (χ1v) is 13.5. The van der Waals surface area contributed by atoms with Crippen molar-refractivity contribution in [1.82, 2.24) is 9.80 Å². The third-order valence-corrected chi connectivity index (χ3v) is 7.54. The molecule has 35 heavy (non-hydrogen) atoms. The van der Waals surface area contributed by atoms with Crippen LogP contribution >= 0.6 is 22.6 Å². The van der Waals surface area contributed by atoms with Gasteiger partial charge in [-0.05, 0) is 109 Å². The molecule has 0 bridgehead atoms. The van der Waals surface area contributed by atoms with Gasteiger partial charge in [-0.15, -0.1) is 0 Å². The van der Waals surface area contributed by atoms with Crippen molar-refractivity contribution in [2.45, 2.75) is 45.3 Å². The van der Waals surface area contributed by atoms with E-state index in [1.165, 1.54) is 9.13 Å². The van der Waals surface area contributed by atoms with Crippen molar-refractivity contribution in [3.8, 4) is 5.75 Å². The van der Waals surface area contributed by atoms with Crippen LogP contribution in [0.2, 0.25) is 0 Å². The maximum Gasteiger partial charge on any atom is 0.253 e. The molecule has 6 heteroatoms. The van der Waals surface area contributed by atoms with Gasteiger partial charge in [-0.3, -0.25) is 9.69 Å². The van der Waals surface area contributed by atoms with E-state index in [-0.39, 0.29) is 11.9 Å². The standard InChI is InChI=1S/C29H34IN3O2/c1-3-32(4-2)29(35)22-10-14-25(15-11-22)31-26-16-17-33(20-21-8-12-24(30)13-9-21)28(19-26)23-6-5-7-27(34)18-23/h5-15,18,26,28,31,34H,3-4,16-17,19-20H2,1-2H3. The lowest BCUT2D eigenvalue weighted by Gasteiger charge is -2.40. The Balaban J connectivity index is 1.47. The number of likely N-dealkylation sites (tertiary alicyclic amines) is 1. The summed E-state index contributed by atoms with van der Waals surface area (Å²) in [6, 6.07) is 24.7. The molecule has 2 N–H and O–H groups in total. The van der Waals surface area contributed by atoms with E-state index in [1.54, 1.807) is 6.07 Å². The number of phenolic OH excluding ortho intramolecular Hbond substituents is 1. The molecule has 1 saturated heterocycles. The average Bonchev–Trinajstić information content (AvgIpc) is 2.87. The zero-order valence-corrected chi connectivity index (χ0v) is 22.6. The molecule has 0 aromatic heterocycles. The number of anilines is 1. The zero-order chi connectivity index (χ0) is 24.8. The first-order valence-electron chi connectivity index (χ1n) is 12.4. The minimum absolute atomic E-state index is 0.0782. The second-order valence-corrected chi connectivity index (χ2v) is 10.4. The van der Waals surface area contributed by atoms with Crippen molar-refractivity contribution in [2.75, 3.05) is 25.0 Å². The number of aromatic hydroxyl groups is 1. The monoisotopic (exact) mass is 583 g/mol. The fraction of sp³-hybridized carbons (Fsp3) is 0.345. The summed E-state index contributed by atoms with van der Waals surface area (Å²) in [6.45, 7) is 7.28. The van der Waals surface area contributed by atoms with Gasteiger partial charge in [0, 0.05) is 53.1 Å². The number of carbonyl (C=O) groups is 1. The van der Waals surface area contributed by atoms with Crippen LogP contribution < -0.4 is 5.32 Å². The highest BCUT2D eigenvalue weighted by Crippen LogP contribution is 2.35. The number of nitrogens with one attached hydrogen (secondary N) is 1. The van der Waals surface area contributed by atoms with Crippen LogP contribution in [0.1, 0.15) is 54.2 Å². The topological polar surface area (TPSA) is 55.8 Å². The molecule has 184 valence electrons. The van der Waals surface area contributed by atoms with Crippen LogP contribution in [0.3, 0.4) is 0 Å². The third kappa shape index (κ3) is 6.55. The summed E-state index contributed by atoms with van der Waals surface area (Å²) in [5, 5.41) is 13.8. The predicted octanol–water partition coefficient (Wildman–Crippen LogP) is 6.30. The van der Waals surface area contributed by atoms with Gasteiger partial charge in [0.25, 0.3) is 5.91 Å². The van der Waals surface area contributed by atoms with Crippen LogP contribution in [0.5, 0.6) is 5.75 Å². The molecule has 1 aliphatic rings. The molecular weight excluding hydrogens is 549 g/mol. The van der Waals surface area contributed by atoms with Crippen molar-refractivity contribution >= 4 is 34.2 Å². The molecular formula is C29H34IN3O2. The molecule has 1 amide bonds. The van der Waals surface area contributed by atoms with Gasteiger partial charge in [0.2, 0.25) is 0 Å². The van der Waals surface area contributed by atoms with Gasteiger partial charge < -0.3 is 15.3 Å². The molecule has 3 aromatic rings. The van der Waals surface area contributed by atoms with Crippen LogP contribution in [0, 0.1) is 3.57 Å². The predicted molar refractivity (Wildman–Crippen MR) is 151 cm³/mol. The summed E-state index contributed by atoms with van der Waals surface area (Å²) >= 11 is 2.34. The van der Waals surface area contributed by atoms with Gasteiger partial charge in [-0.2, -0.15) is 0 Å². The van der Waals surface area contributed by atoms with Crippen LogP contribution in [-0.2, 0) is 6.54 Å². The van der Waals surface area contributed by atoms with Gasteiger partial charge in [0.1, 0.15) is 5.75 Å². The quantitative estimate of drug-likeness (QED) is 0.306. The van der Waals surface area contributed by atoms with Crippen molar-refractivity contribution in [2.24, 2.45) is 0 Å². The number of hydrogen-bond donors (Lipinski definition) is 2. The van der Waals surface area contributed by atoms with Gasteiger partial charge in [-0.25, -0.2) is 0 Å². The van der Waals surface area contributed by atoms with E-state index >= 15 is 0 Å². The summed E-state index contributed by atoms with van der Waals surface area (Å²) in [5.74, 6) is 0.384. The van der Waals surface area contributed by atoms with Gasteiger partial charge in [0.15, 0.2) is 0 Å². The number of halogens is 1. The van der Waals surface area contributed by atoms with E-state index in [9.17, 15) is 9.90 Å². The number of phenols is 1. The number of carbonyl (C=O) groups excluding carboxylic acids is 1. The number of piperidine rings is 1. The van der Waals surface area contributed by atoms with Gasteiger partial charge in [-0.1, -0.05) is 24.3 Å². The largest absolute Gasteiger partial charge is 0.508 e. The molecule has 2 atom stereocenters. The summed E-state index contributed by atoms with van der Waals surface area (Å²) in [7, 11) is 0. The second-order valence-electron chi connectivity index (χ2n) is 9.13. The van der Waals surface area contributed by atoms with E-state index in [0.717, 1.165) is 42.7 Å². The Kier molecular flexibility index (Phi) is 8.68. The van der Waals surface area contributed by atoms with Crippen molar-refractivity contribution in [1.29, 1.82) is 0 Å². The zero-order valence-electron chi connectivity index (χ0n) is 20.5. The van der Waals surface area contributed by atoms with Crippen molar-refractivity contribution in [3.63, 3.8) is 0 Å². The fourth-order valence-electron chi connectivity index (χ4n) is 4.88. The molecule has 0 spiro atoms. The fourth-order valence-corrected chi connectivity index (χ4v) is 5.24. The minimum atomic E-state index is 0.0782. The van der Waals surface area contributed by atoms with Gasteiger partial charge >= 0.3 is 0 Å². The normalized spacial score (nSPS) is 18.3. The highest BCUT2D eigenvalue weighted by molar-refractivity contribution is 14.1. The summed E-state index contributed by atoms with van der Waals surface area (Å²) in [6.07, 6.45) is 1.97. The lowest BCUT2D eigenvalue weighted by molar-refractivity contribution is 0.0773. The summed E-state index contributed by atoms with van der Waals surface area (Å²) < 4.78 is 1.24. The molecule has 1 heterocycles. The molecule has 0 aliphatic carbocycles. The lowest BCUT2D eigenvalue weighted by Crippen LogP contribution is -2.41. The second kappa shape index (κ2) is 11.9. The van der Waals surface area contributed by atoms with Crippen LogP contribution in [0.25, 0.3) is 0 Å². The third-order valence-electron chi connectivity index (χ3n) is 6.82. The minimum Gasteiger partial charge on any atom is -0.508 e. The van der Waals surface area contributed by atoms with Crippen molar-refractivity contribution < 1.29 is 9.90 Å². The molecule has 0 saturated carbocycles. The number of benzene rings is 3. The molecule has 0 radical (unpaired) electrons. The van der Waals surface area contributed by atoms with E-state index in [4.69, 9.17) is 0 Å². The van der Waals surface area contributed by atoms with Crippen molar-refractivity contribution in [3.05, 3.63) is 93.1 Å². The smallest absolute Gasteiger partial charge is 0.253 e. The van der Waals surface area contributed by atoms with E-state index in [2.05, 4.69) is 63.1 Å².